The quantitative estimate of drug-likeness (QED) is 0.551. The maximum Gasteiger partial charge on any atom is 0.323 e. The van der Waals surface area contributed by atoms with Crippen molar-refractivity contribution in [3.8, 4) is 5.75 Å². The summed E-state index contributed by atoms with van der Waals surface area (Å²) >= 11 is 0. The van der Waals surface area contributed by atoms with E-state index in [1.807, 2.05) is 43.3 Å². The Morgan fingerprint density at radius 2 is 1.41 bits per heavy atom. The third-order valence-electron chi connectivity index (χ3n) is 5.53. The van der Waals surface area contributed by atoms with E-state index in [-0.39, 0.29) is 6.03 Å². The van der Waals surface area contributed by atoms with Crippen LogP contribution in [0, 0.1) is 0 Å². The van der Waals surface area contributed by atoms with Gasteiger partial charge in [-0.2, -0.15) is 0 Å². The summed E-state index contributed by atoms with van der Waals surface area (Å²) in [5.74, 6) is 0.788. The number of urea groups is 1. The third kappa shape index (κ3) is 6.02. The predicted molar refractivity (Wildman–Crippen MR) is 131 cm³/mol. The molecule has 166 valence electrons. The van der Waals surface area contributed by atoms with Crippen LogP contribution in [0.4, 0.5) is 21.9 Å². The zero-order valence-corrected chi connectivity index (χ0v) is 18.5. The molecule has 2 amide bonds. The Morgan fingerprint density at radius 3 is 2.00 bits per heavy atom. The molecule has 0 saturated carbocycles. The molecule has 1 fully saturated rings. The summed E-state index contributed by atoms with van der Waals surface area (Å²) in [6, 6.07) is 25.7. The van der Waals surface area contributed by atoms with E-state index in [1.165, 1.54) is 11.3 Å². The van der Waals surface area contributed by atoms with Crippen LogP contribution >= 0.6 is 0 Å². The van der Waals surface area contributed by atoms with E-state index in [9.17, 15) is 4.79 Å². The van der Waals surface area contributed by atoms with Gasteiger partial charge in [-0.05, 0) is 61.0 Å². The Morgan fingerprint density at radius 1 is 0.812 bits per heavy atom. The van der Waals surface area contributed by atoms with Crippen LogP contribution in [0.1, 0.15) is 12.5 Å². The van der Waals surface area contributed by atoms with Crippen LogP contribution in [0.3, 0.4) is 0 Å². The molecule has 32 heavy (non-hydrogen) atoms. The van der Waals surface area contributed by atoms with Crippen molar-refractivity contribution < 1.29 is 9.53 Å². The topological polar surface area (TPSA) is 56.8 Å². The highest BCUT2D eigenvalue weighted by atomic mass is 16.5. The van der Waals surface area contributed by atoms with E-state index in [2.05, 4.69) is 62.9 Å². The highest BCUT2D eigenvalue weighted by molar-refractivity contribution is 5.99. The summed E-state index contributed by atoms with van der Waals surface area (Å²) in [7, 11) is 0. The molecule has 4 rings (SSSR count). The van der Waals surface area contributed by atoms with Gasteiger partial charge in [-0.25, -0.2) is 4.79 Å². The van der Waals surface area contributed by atoms with Crippen molar-refractivity contribution in [3.63, 3.8) is 0 Å². The smallest absolute Gasteiger partial charge is 0.323 e. The number of carbonyl (C=O) groups excluding carboxylic acids is 1. The molecule has 1 aliphatic heterocycles. The Bertz CT molecular complexity index is 983. The van der Waals surface area contributed by atoms with Crippen LogP contribution in [0.2, 0.25) is 0 Å². The van der Waals surface area contributed by atoms with E-state index in [0.29, 0.717) is 6.61 Å². The minimum atomic E-state index is -0.265. The zero-order chi connectivity index (χ0) is 22.2. The van der Waals surface area contributed by atoms with E-state index in [0.717, 1.165) is 49.8 Å². The lowest BCUT2D eigenvalue weighted by molar-refractivity contribution is 0.250. The van der Waals surface area contributed by atoms with Gasteiger partial charge in [0.25, 0.3) is 0 Å². The van der Waals surface area contributed by atoms with Crippen LogP contribution in [0.5, 0.6) is 5.75 Å². The molecule has 0 bridgehead atoms. The molecule has 1 saturated heterocycles. The fourth-order valence-electron chi connectivity index (χ4n) is 3.85. The number of piperazine rings is 1. The molecule has 1 aliphatic rings. The SMILES string of the molecule is CCOc1ccc(NC(=O)Nc2ccc(CN3CCN(c4ccccc4)CC3)cc2)cc1. The normalized spacial score (nSPS) is 14.1. The number of carbonyl (C=O) groups is 1. The monoisotopic (exact) mass is 430 g/mol. The molecule has 0 unspecified atom stereocenters. The standard InChI is InChI=1S/C26H30N4O2/c1-2-32-25-14-12-23(13-15-25)28-26(31)27-22-10-8-21(9-11-22)20-29-16-18-30(19-17-29)24-6-4-3-5-7-24/h3-15H,2,16-20H2,1H3,(H2,27,28,31). The lowest BCUT2D eigenvalue weighted by Crippen LogP contribution is -2.45. The van der Waals surface area contributed by atoms with Gasteiger partial charge in [0.05, 0.1) is 6.61 Å². The van der Waals surface area contributed by atoms with Gasteiger partial charge >= 0.3 is 6.03 Å². The van der Waals surface area contributed by atoms with E-state index >= 15 is 0 Å². The van der Waals surface area contributed by atoms with Gasteiger partial charge in [0.2, 0.25) is 0 Å². The number of hydrogen-bond donors (Lipinski definition) is 2. The lowest BCUT2D eigenvalue weighted by atomic mass is 10.1. The number of ether oxygens (including phenoxy) is 1. The summed E-state index contributed by atoms with van der Waals surface area (Å²) in [5.41, 5.74) is 4.03. The molecule has 2 N–H and O–H groups in total. The van der Waals surface area contributed by atoms with Crippen molar-refractivity contribution in [2.45, 2.75) is 13.5 Å². The molecule has 0 spiro atoms. The van der Waals surface area contributed by atoms with Gasteiger partial charge in [0.1, 0.15) is 5.75 Å². The molecule has 0 aromatic heterocycles. The maximum absolute atomic E-state index is 12.3. The third-order valence-corrected chi connectivity index (χ3v) is 5.53. The number of hydrogen-bond acceptors (Lipinski definition) is 4. The first kappa shape index (κ1) is 21.7. The Labute approximate surface area is 189 Å². The van der Waals surface area contributed by atoms with E-state index < -0.39 is 0 Å². The number of rotatable bonds is 7. The molecule has 0 atom stereocenters. The highest BCUT2D eigenvalue weighted by Gasteiger charge is 2.17. The van der Waals surface area contributed by atoms with Crippen LogP contribution in [0.25, 0.3) is 0 Å². The van der Waals surface area contributed by atoms with Gasteiger partial charge < -0.3 is 20.3 Å². The van der Waals surface area contributed by atoms with Gasteiger partial charge in [-0.3, -0.25) is 4.90 Å². The highest BCUT2D eigenvalue weighted by Crippen LogP contribution is 2.19. The number of nitrogens with one attached hydrogen (secondary N) is 2. The summed E-state index contributed by atoms with van der Waals surface area (Å²) in [4.78, 5) is 17.2. The van der Waals surface area contributed by atoms with Crippen molar-refractivity contribution in [2.24, 2.45) is 0 Å². The fourth-order valence-corrected chi connectivity index (χ4v) is 3.85. The molecular formula is C26H30N4O2. The Kier molecular flexibility index (Phi) is 7.25. The summed E-state index contributed by atoms with van der Waals surface area (Å²) in [6.07, 6.45) is 0. The number of benzene rings is 3. The average Bonchev–Trinajstić information content (AvgIpc) is 2.83. The van der Waals surface area contributed by atoms with Gasteiger partial charge in [0, 0.05) is 49.8 Å². The van der Waals surface area contributed by atoms with Crippen molar-refractivity contribution in [1.29, 1.82) is 0 Å². The second-order valence-electron chi connectivity index (χ2n) is 7.83. The first-order valence-electron chi connectivity index (χ1n) is 11.1. The molecule has 3 aromatic rings. The summed E-state index contributed by atoms with van der Waals surface area (Å²) < 4.78 is 5.42. The molecule has 0 aliphatic carbocycles. The van der Waals surface area contributed by atoms with Crippen LogP contribution in [-0.2, 0) is 6.54 Å². The Balaban J connectivity index is 1.23. The molecule has 1 heterocycles. The largest absolute Gasteiger partial charge is 0.494 e. The van der Waals surface area contributed by atoms with Gasteiger partial charge in [0.15, 0.2) is 0 Å². The average molecular weight is 431 g/mol. The van der Waals surface area contributed by atoms with Crippen molar-refractivity contribution in [2.75, 3.05) is 48.3 Å². The lowest BCUT2D eigenvalue weighted by Gasteiger charge is -2.36. The minimum absolute atomic E-state index is 0.265. The first-order valence-corrected chi connectivity index (χ1v) is 11.1. The van der Waals surface area contributed by atoms with E-state index in [1.54, 1.807) is 0 Å². The zero-order valence-electron chi connectivity index (χ0n) is 18.5. The summed E-state index contributed by atoms with van der Waals surface area (Å²) in [5, 5.41) is 5.72. The van der Waals surface area contributed by atoms with Crippen LogP contribution in [-0.4, -0.2) is 43.7 Å². The number of para-hydroxylation sites is 1. The second-order valence-corrected chi connectivity index (χ2v) is 7.83. The summed E-state index contributed by atoms with van der Waals surface area (Å²) in [6.45, 7) is 7.63. The maximum atomic E-state index is 12.3. The molecule has 6 heteroatoms. The van der Waals surface area contributed by atoms with Crippen LogP contribution in [0.15, 0.2) is 78.9 Å². The fraction of sp³-hybridized carbons (Fsp3) is 0.269. The van der Waals surface area contributed by atoms with E-state index in [4.69, 9.17) is 4.74 Å². The van der Waals surface area contributed by atoms with Gasteiger partial charge in [-0.1, -0.05) is 30.3 Å². The number of anilines is 3. The molecule has 0 radical (unpaired) electrons. The van der Waals surface area contributed by atoms with Crippen molar-refractivity contribution >= 4 is 23.1 Å². The van der Waals surface area contributed by atoms with Crippen LogP contribution < -0.4 is 20.3 Å². The number of amides is 2. The van der Waals surface area contributed by atoms with Gasteiger partial charge in [-0.15, -0.1) is 0 Å². The first-order chi connectivity index (χ1) is 15.7. The molecule has 6 nitrogen and oxygen atoms in total. The second kappa shape index (κ2) is 10.7. The minimum Gasteiger partial charge on any atom is -0.494 e. The van der Waals surface area contributed by atoms with Crippen molar-refractivity contribution in [3.05, 3.63) is 84.4 Å². The molecule has 3 aromatic carbocycles. The Hall–Kier alpha value is -3.51. The predicted octanol–water partition coefficient (Wildman–Crippen LogP) is 5.05. The van der Waals surface area contributed by atoms with Crippen molar-refractivity contribution in [1.82, 2.24) is 4.90 Å². The molecular weight excluding hydrogens is 400 g/mol. The number of nitrogens with zero attached hydrogens (tertiary/aromatic N) is 2.